The normalized spacial score (nSPS) is 23.7. The van der Waals surface area contributed by atoms with Crippen LogP contribution in [0.4, 0.5) is 4.39 Å². The highest BCUT2D eigenvalue weighted by atomic mass is 19.1. The lowest BCUT2D eigenvalue weighted by molar-refractivity contribution is -0.117. The minimum absolute atomic E-state index is 0.0114. The number of benzene rings is 1. The highest BCUT2D eigenvalue weighted by Gasteiger charge is 2.39. The third-order valence-corrected chi connectivity index (χ3v) is 6.29. The molecule has 1 aromatic carbocycles. The molecule has 1 aliphatic carbocycles. The van der Waals surface area contributed by atoms with Gasteiger partial charge < -0.3 is 20.2 Å². The SMILES string of the molecule is CC(=O)CCCCCCC1C(O)C/C(=N/O)C1CCC(O)CCc1ccc(F)cc1. The zero-order valence-electron chi connectivity index (χ0n) is 18.0. The van der Waals surface area contributed by atoms with Gasteiger partial charge in [0.1, 0.15) is 11.6 Å². The van der Waals surface area contributed by atoms with Gasteiger partial charge in [0.05, 0.1) is 17.9 Å². The molecule has 0 saturated heterocycles. The average molecular weight is 422 g/mol. The Hall–Kier alpha value is -1.79. The van der Waals surface area contributed by atoms with Gasteiger partial charge in [-0.2, -0.15) is 0 Å². The van der Waals surface area contributed by atoms with Gasteiger partial charge >= 0.3 is 0 Å². The van der Waals surface area contributed by atoms with E-state index in [4.69, 9.17) is 0 Å². The number of oxime groups is 1. The van der Waals surface area contributed by atoms with Crippen molar-refractivity contribution in [2.75, 3.05) is 0 Å². The lowest BCUT2D eigenvalue weighted by atomic mass is 9.84. The second-order valence-electron chi connectivity index (χ2n) is 8.68. The van der Waals surface area contributed by atoms with Crippen LogP contribution in [-0.2, 0) is 11.2 Å². The van der Waals surface area contributed by atoms with Crippen molar-refractivity contribution in [2.45, 2.75) is 89.8 Å². The first kappa shape index (κ1) is 24.5. The number of hydrogen-bond donors (Lipinski definition) is 3. The van der Waals surface area contributed by atoms with E-state index >= 15 is 0 Å². The first-order chi connectivity index (χ1) is 14.4. The minimum Gasteiger partial charge on any atom is -0.411 e. The minimum atomic E-state index is -0.505. The van der Waals surface area contributed by atoms with Crippen LogP contribution in [0.1, 0.15) is 76.7 Å². The maximum atomic E-state index is 13.0. The Bertz CT molecular complexity index is 676. The molecule has 1 saturated carbocycles. The summed E-state index contributed by atoms with van der Waals surface area (Å²) >= 11 is 0. The number of carbonyl (C=O) groups excluding carboxylic acids is 1. The Kier molecular flexibility index (Phi) is 10.4. The number of aliphatic hydroxyl groups is 2. The number of halogens is 1. The molecule has 168 valence electrons. The fourth-order valence-electron chi connectivity index (χ4n) is 4.53. The van der Waals surface area contributed by atoms with E-state index < -0.39 is 12.2 Å². The smallest absolute Gasteiger partial charge is 0.129 e. The van der Waals surface area contributed by atoms with Crippen LogP contribution in [-0.4, -0.2) is 39.1 Å². The van der Waals surface area contributed by atoms with Crippen LogP contribution in [0.25, 0.3) is 0 Å². The molecule has 1 fully saturated rings. The largest absolute Gasteiger partial charge is 0.411 e. The summed E-state index contributed by atoms with van der Waals surface area (Å²) in [5, 5.41) is 33.6. The van der Waals surface area contributed by atoms with Gasteiger partial charge in [-0.25, -0.2) is 4.39 Å². The molecule has 1 aromatic rings. The molecule has 5 nitrogen and oxygen atoms in total. The quantitative estimate of drug-likeness (QED) is 0.246. The fraction of sp³-hybridized carbons (Fsp3) is 0.667. The van der Waals surface area contributed by atoms with Crippen molar-refractivity contribution in [1.82, 2.24) is 0 Å². The lowest BCUT2D eigenvalue weighted by Crippen LogP contribution is -2.22. The monoisotopic (exact) mass is 421 g/mol. The van der Waals surface area contributed by atoms with Crippen LogP contribution in [0.5, 0.6) is 0 Å². The molecule has 0 amide bonds. The zero-order chi connectivity index (χ0) is 21.9. The van der Waals surface area contributed by atoms with Crippen molar-refractivity contribution in [3.8, 4) is 0 Å². The number of ketones is 1. The molecule has 2 rings (SSSR count). The molecule has 6 heteroatoms. The van der Waals surface area contributed by atoms with Crippen molar-refractivity contribution in [3.63, 3.8) is 0 Å². The molecule has 3 N–H and O–H groups in total. The number of carbonyl (C=O) groups is 1. The second kappa shape index (κ2) is 12.8. The van der Waals surface area contributed by atoms with Gasteiger partial charge in [-0.15, -0.1) is 0 Å². The predicted molar refractivity (Wildman–Crippen MR) is 115 cm³/mol. The summed E-state index contributed by atoms with van der Waals surface area (Å²) < 4.78 is 13.0. The Balaban J connectivity index is 1.76. The van der Waals surface area contributed by atoms with E-state index in [2.05, 4.69) is 5.16 Å². The van der Waals surface area contributed by atoms with Crippen molar-refractivity contribution >= 4 is 11.5 Å². The van der Waals surface area contributed by atoms with Crippen LogP contribution in [0.2, 0.25) is 0 Å². The first-order valence-corrected chi connectivity index (χ1v) is 11.2. The van der Waals surface area contributed by atoms with Gasteiger partial charge in [-0.3, -0.25) is 0 Å². The summed E-state index contributed by atoms with van der Waals surface area (Å²) in [4.78, 5) is 11.0. The van der Waals surface area contributed by atoms with Gasteiger partial charge in [0.2, 0.25) is 0 Å². The molecule has 0 aliphatic heterocycles. The highest BCUT2D eigenvalue weighted by Crippen LogP contribution is 2.37. The van der Waals surface area contributed by atoms with E-state index in [1.165, 1.54) is 12.1 Å². The van der Waals surface area contributed by atoms with E-state index in [9.17, 15) is 24.6 Å². The van der Waals surface area contributed by atoms with Gasteiger partial charge in [0.15, 0.2) is 0 Å². The zero-order valence-corrected chi connectivity index (χ0v) is 18.0. The van der Waals surface area contributed by atoms with E-state index in [-0.39, 0.29) is 23.4 Å². The van der Waals surface area contributed by atoms with Crippen molar-refractivity contribution in [1.29, 1.82) is 0 Å². The first-order valence-electron chi connectivity index (χ1n) is 11.2. The van der Waals surface area contributed by atoms with Crippen molar-refractivity contribution in [3.05, 3.63) is 35.6 Å². The maximum absolute atomic E-state index is 13.0. The molecule has 4 unspecified atom stereocenters. The number of Topliss-reactive ketones (excluding diaryl/α,β-unsaturated/α-hetero) is 1. The molecule has 0 radical (unpaired) electrons. The summed E-state index contributed by atoms with van der Waals surface area (Å²) in [6, 6.07) is 6.32. The molecule has 4 atom stereocenters. The lowest BCUT2D eigenvalue weighted by Gasteiger charge is -2.23. The van der Waals surface area contributed by atoms with Crippen LogP contribution in [0.15, 0.2) is 29.4 Å². The average Bonchev–Trinajstić information content (AvgIpc) is 3.03. The molecule has 0 aromatic heterocycles. The summed E-state index contributed by atoms with van der Waals surface area (Å²) in [5.41, 5.74) is 1.63. The summed E-state index contributed by atoms with van der Waals surface area (Å²) in [5.74, 6) is -0.00133. The van der Waals surface area contributed by atoms with Gasteiger partial charge in [0, 0.05) is 18.8 Å². The van der Waals surface area contributed by atoms with Crippen LogP contribution >= 0.6 is 0 Å². The summed E-state index contributed by atoms with van der Waals surface area (Å²) in [7, 11) is 0. The van der Waals surface area contributed by atoms with Gasteiger partial charge in [-0.1, -0.05) is 36.6 Å². The fourth-order valence-corrected chi connectivity index (χ4v) is 4.53. The van der Waals surface area contributed by atoms with E-state index in [1.54, 1.807) is 19.1 Å². The van der Waals surface area contributed by atoms with E-state index in [1.807, 2.05) is 0 Å². The maximum Gasteiger partial charge on any atom is 0.129 e. The standard InChI is InChI=1S/C24H36FNO4/c1-17(27)6-4-2-3-5-7-22-21(23(26-30)16-24(22)29)15-14-20(28)13-10-18-8-11-19(25)12-9-18/h8-9,11-12,20-22,24,28-30H,2-7,10,13-16H2,1H3/b26-23-. The van der Waals surface area contributed by atoms with Crippen LogP contribution in [0.3, 0.4) is 0 Å². The Labute approximate surface area is 179 Å². The predicted octanol–water partition coefficient (Wildman–Crippen LogP) is 4.66. The molecular formula is C24H36FNO4. The van der Waals surface area contributed by atoms with Crippen LogP contribution in [0, 0.1) is 17.7 Å². The Morgan fingerprint density at radius 3 is 2.50 bits per heavy atom. The number of aryl methyl sites for hydroxylation is 1. The van der Waals surface area contributed by atoms with Gasteiger partial charge in [-0.05, 0) is 69.1 Å². The highest BCUT2D eigenvalue weighted by molar-refractivity contribution is 5.89. The molecular weight excluding hydrogens is 385 g/mol. The topological polar surface area (TPSA) is 90.1 Å². The third-order valence-electron chi connectivity index (χ3n) is 6.29. The third kappa shape index (κ3) is 8.15. The van der Waals surface area contributed by atoms with E-state index in [0.717, 1.165) is 37.7 Å². The molecule has 30 heavy (non-hydrogen) atoms. The molecule has 1 aliphatic rings. The number of hydrogen-bond acceptors (Lipinski definition) is 5. The van der Waals surface area contributed by atoms with Crippen LogP contribution < -0.4 is 0 Å². The molecule has 0 bridgehead atoms. The number of rotatable bonds is 13. The van der Waals surface area contributed by atoms with Crippen molar-refractivity contribution in [2.24, 2.45) is 17.0 Å². The molecule has 0 spiro atoms. The van der Waals surface area contributed by atoms with Crippen molar-refractivity contribution < 1.29 is 24.6 Å². The molecule has 0 heterocycles. The summed E-state index contributed by atoms with van der Waals surface area (Å²) in [6.45, 7) is 1.61. The van der Waals surface area contributed by atoms with Gasteiger partial charge in [0.25, 0.3) is 0 Å². The Morgan fingerprint density at radius 1 is 1.13 bits per heavy atom. The number of unbranched alkanes of at least 4 members (excludes halogenated alkanes) is 3. The van der Waals surface area contributed by atoms with E-state index in [0.29, 0.717) is 44.2 Å². The number of aliphatic hydroxyl groups excluding tert-OH is 2. The summed E-state index contributed by atoms with van der Waals surface area (Å²) in [6.07, 6.45) is 7.33. The Morgan fingerprint density at radius 2 is 1.83 bits per heavy atom. The second-order valence-corrected chi connectivity index (χ2v) is 8.68. The number of nitrogens with zero attached hydrogens (tertiary/aromatic N) is 1.